The molecule has 29 heavy (non-hydrogen) atoms. The third kappa shape index (κ3) is 4.89. The van der Waals surface area contributed by atoms with Gasteiger partial charge in [-0.25, -0.2) is 0 Å². The van der Waals surface area contributed by atoms with Crippen LogP contribution in [0.15, 0.2) is 0 Å². The molecule has 2 heteroatoms. The third-order valence-corrected chi connectivity index (χ3v) is 9.61. The van der Waals surface area contributed by atoms with Crippen LogP contribution in [-0.2, 0) is 0 Å². The molecule has 2 aliphatic carbocycles. The van der Waals surface area contributed by atoms with Gasteiger partial charge in [0, 0.05) is 0 Å². The highest BCUT2D eigenvalue weighted by molar-refractivity contribution is 5.03. The maximum atomic E-state index is 10.9. The fourth-order valence-corrected chi connectivity index (χ4v) is 7.47. The number of aliphatic hydroxyl groups excluding tert-OH is 2. The summed E-state index contributed by atoms with van der Waals surface area (Å²) in [5, 5.41) is 21.8. The predicted octanol–water partition coefficient (Wildman–Crippen LogP) is 6.79. The normalized spacial score (nSPS) is 42.0. The highest BCUT2D eigenvalue weighted by Gasteiger charge is 2.54. The van der Waals surface area contributed by atoms with Crippen molar-refractivity contribution in [2.24, 2.45) is 57.7 Å². The van der Waals surface area contributed by atoms with Crippen LogP contribution in [0.2, 0.25) is 0 Å². The largest absolute Gasteiger partial charge is 0.393 e. The maximum Gasteiger partial charge on any atom is 0.0576 e. The van der Waals surface area contributed by atoms with E-state index in [1.54, 1.807) is 0 Å². The monoisotopic (exact) mass is 408 g/mol. The summed E-state index contributed by atoms with van der Waals surface area (Å²) in [6, 6.07) is 0. The standard InChI is InChI=1S/C27H52O2/c1-16(2)27(11,19-14-21(25(5,6)7)23(28)12-17(19)3)20-15-22(26(8,9)10)24(29)13-18(20)4/h16-24,28-29H,12-15H2,1-11H3. The van der Waals surface area contributed by atoms with E-state index in [1.165, 1.54) is 0 Å². The van der Waals surface area contributed by atoms with E-state index in [0.717, 1.165) is 25.7 Å². The van der Waals surface area contributed by atoms with Crippen molar-refractivity contribution in [3.05, 3.63) is 0 Å². The first kappa shape index (κ1) is 25.2. The van der Waals surface area contributed by atoms with Gasteiger partial charge in [-0.05, 0) is 83.4 Å². The molecule has 0 aromatic heterocycles. The molecular formula is C27H52O2. The van der Waals surface area contributed by atoms with Crippen LogP contribution in [0.4, 0.5) is 0 Å². The van der Waals surface area contributed by atoms with Crippen molar-refractivity contribution in [2.75, 3.05) is 0 Å². The molecule has 0 heterocycles. The van der Waals surface area contributed by atoms with Crippen molar-refractivity contribution in [1.29, 1.82) is 0 Å². The molecule has 0 amide bonds. The molecule has 2 nitrogen and oxygen atoms in total. The van der Waals surface area contributed by atoms with Crippen molar-refractivity contribution in [1.82, 2.24) is 0 Å². The Bertz CT molecular complexity index is 496. The van der Waals surface area contributed by atoms with Gasteiger partial charge in [0.1, 0.15) is 0 Å². The van der Waals surface area contributed by atoms with Crippen molar-refractivity contribution < 1.29 is 10.2 Å². The lowest BCUT2D eigenvalue weighted by atomic mass is 9.47. The highest BCUT2D eigenvalue weighted by atomic mass is 16.3. The number of hydrogen-bond donors (Lipinski definition) is 2. The molecule has 0 aromatic carbocycles. The Labute approximate surface area is 182 Å². The first-order valence-electron chi connectivity index (χ1n) is 12.4. The van der Waals surface area contributed by atoms with Crippen LogP contribution in [0.3, 0.4) is 0 Å². The van der Waals surface area contributed by atoms with E-state index in [4.69, 9.17) is 0 Å². The van der Waals surface area contributed by atoms with E-state index in [9.17, 15) is 10.2 Å². The summed E-state index contributed by atoms with van der Waals surface area (Å²) >= 11 is 0. The van der Waals surface area contributed by atoms with E-state index < -0.39 is 0 Å². The molecule has 8 atom stereocenters. The predicted molar refractivity (Wildman–Crippen MR) is 125 cm³/mol. The minimum Gasteiger partial charge on any atom is -0.393 e. The average molecular weight is 409 g/mol. The molecule has 2 fully saturated rings. The summed E-state index contributed by atoms with van der Waals surface area (Å²) in [6.07, 6.45) is 3.78. The zero-order valence-electron chi connectivity index (χ0n) is 21.4. The van der Waals surface area contributed by atoms with E-state index in [1.807, 2.05) is 0 Å². The summed E-state index contributed by atoms with van der Waals surface area (Å²) < 4.78 is 0. The lowest BCUT2D eigenvalue weighted by Gasteiger charge is -2.59. The fourth-order valence-electron chi connectivity index (χ4n) is 7.47. The Balaban J connectivity index is 2.43. The second kappa shape index (κ2) is 8.45. The van der Waals surface area contributed by atoms with Crippen LogP contribution in [0.25, 0.3) is 0 Å². The number of rotatable bonds is 3. The Morgan fingerprint density at radius 3 is 1.14 bits per heavy atom. The van der Waals surface area contributed by atoms with Crippen LogP contribution in [-0.4, -0.2) is 22.4 Å². The van der Waals surface area contributed by atoms with Gasteiger partial charge in [0.2, 0.25) is 0 Å². The van der Waals surface area contributed by atoms with Crippen LogP contribution < -0.4 is 0 Å². The molecule has 0 radical (unpaired) electrons. The first-order chi connectivity index (χ1) is 13.0. The molecule has 2 N–H and O–H groups in total. The van der Waals surface area contributed by atoms with Gasteiger partial charge in [0.15, 0.2) is 0 Å². The van der Waals surface area contributed by atoms with Crippen molar-refractivity contribution in [3.8, 4) is 0 Å². The summed E-state index contributed by atoms with van der Waals surface area (Å²) in [4.78, 5) is 0. The van der Waals surface area contributed by atoms with E-state index in [2.05, 4.69) is 76.2 Å². The molecule has 0 aliphatic heterocycles. The van der Waals surface area contributed by atoms with Crippen LogP contribution >= 0.6 is 0 Å². The smallest absolute Gasteiger partial charge is 0.0576 e. The summed E-state index contributed by atoms with van der Waals surface area (Å²) in [7, 11) is 0. The topological polar surface area (TPSA) is 40.5 Å². The fraction of sp³-hybridized carbons (Fsp3) is 1.00. The second-order valence-electron chi connectivity index (χ2n) is 13.7. The molecule has 0 bridgehead atoms. The van der Waals surface area contributed by atoms with Crippen molar-refractivity contribution in [3.63, 3.8) is 0 Å². The van der Waals surface area contributed by atoms with Gasteiger partial charge >= 0.3 is 0 Å². The van der Waals surface area contributed by atoms with Crippen molar-refractivity contribution >= 4 is 0 Å². The average Bonchev–Trinajstić information content (AvgIpc) is 2.51. The van der Waals surface area contributed by atoms with Crippen molar-refractivity contribution in [2.45, 2.75) is 114 Å². The Morgan fingerprint density at radius 1 is 0.586 bits per heavy atom. The molecular weight excluding hydrogens is 356 g/mol. The quantitative estimate of drug-likeness (QED) is 0.540. The summed E-state index contributed by atoms with van der Waals surface area (Å²) in [5.41, 5.74) is 0.502. The van der Waals surface area contributed by atoms with Crippen LogP contribution in [0.1, 0.15) is 102 Å². The summed E-state index contributed by atoms with van der Waals surface area (Å²) in [6.45, 7) is 26.0. The molecule has 2 rings (SSSR count). The lowest BCUT2D eigenvalue weighted by Crippen LogP contribution is -2.54. The Kier molecular flexibility index (Phi) is 7.34. The minimum absolute atomic E-state index is 0.137. The minimum atomic E-state index is -0.175. The van der Waals surface area contributed by atoms with E-state index >= 15 is 0 Å². The number of aliphatic hydroxyl groups is 2. The zero-order chi connectivity index (χ0) is 22.5. The third-order valence-electron chi connectivity index (χ3n) is 9.61. The van der Waals surface area contributed by atoms with Gasteiger partial charge in [-0.2, -0.15) is 0 Å². The zero-order valence-corrected chi connectivity index (χ0v) is 21.4. The molecule has 2 aliphatic rings. The van der Waals surface area contributed by atoms with Gasteiger partial charge in [0.05, 0.1) is 12.2 Å². The maximum absolute atomic E-state index is 10.9. The first-order valence-corrected chi connectivity index (χ1v) is 12.4. The van der Waals surface area contributed by atoms with Gasteiger partial charge in [-0.1, -0.05) is 76.2 Å². The molecule has 2 saturated carbocycles. The highest BCUT2D eigenvalue weighted by Crippen LogP contribution is 2.59. The Hall–Kier alpha value is -0.0800. The van der Waals surface area contributed by atoms with Gasteiger partial charge in [0.25, 0.3) is 0 Å². The molecule has 172 valence electrons. The van der Waals surface area contributed by atoms with Crippen LogP contribution in [0, 0.1) is 57.7 Å². The molecule has 8 unspecified atom stereocenters. The molecule has 0 spiro atoms. The van der Waals surface area contributed by atoms with Crippen LogP contribution in [0.5, 0.6) is 0 Å². The second-order valence-corrected chi connectivity index (χ2v) is 13.7. The number of hydrogen-bond acceptors (Lipinski definition) is 2. The van der Waals surface area contributed by atoms with Gasteiger partial charge in [-0.15, -0.1) is 0 Å². The molecule has 0 aromatic rings. The van der Waals surface area contributed by atoms with E-state index in [0.29, 0.717) is 41.4 Å². The SMILES string of the molecule is CC1CC(O)C(C(C)(C)C)CC1C(C)(C(C)C)C1CC(C(C)(C)C)C(O)CC1C. The molecule has 0 saturated heterocycles. The van der Waals surface area contributed by atoms with Gasteiger partial charge < -0.3 is 10.2 Å². The summed E-state index contributed by atoms with van der Waals surface area (Å²) in [5.74, 6) is 3.66. The lowest BCUT2D eigenvalue weighted by molar-refractivity contribution is -0.132. The Morgan fingerprint density at radius 2 is 0.897 bits per heavy atom. The van der Waals surface area contributed by atoms with Gasteiger partial charge in [-0.3, -0.25) is 0 Å². The van der Waals surface area contributed by atoms with E-state index in [-0.39, 0.29) is 28.5 Å².